The fourth-order valence-corrected chi connectivity index (χ4v) is 2.09. The van der Waals surface area contributed by atoms with Crippen molar-refractivity contribution in [1.29, 1.82) is 0 Å². The Kier molecular flexibility index (Phi) is 8.29. The molecule has 0 spiro atoms. The molecule has 0 bridgehead atoms. The zero-order chi connectivity index (χ0) is 17.2. The van der Waals surface area contributed by atoms with Crippen LogP contribution < -0.4 is 16.4 Å². The molecule has 1 aromatic carbocycles. The molecular formula is C17H28N4O2. The molecule has 128 valence electrons. The van der Waals surface area contributed by atoms with Gasteiger partial charge in [0, 0.05) is 24.3 Å². The van der Waals surface area contributed by atoms with Crippen molar-refractivity contribution < 1.29 is 9.59 Å². The molecule has 6 heteroatoms. The standard InChI is InChI=1S/C17H28N4O2/c1-4-15(18)17(23)20-14-9-7-13(8-10-14)16(22)19-11-12-21(5-2)6-3/h7-10,15H,4-6,11-12,18H2,1-3H3,(H,19,22)(H,20,23)/t15-/m0/s1. The van der Waals surface area contributed by atoms with Crippen LogP contribution in [0.3, 0.4) is 0 Å². The van der Waals surface area contributed by atoms with Crippen LogP contribution in [-0.4, -0.2) is 48.9 Å². The summed E-state index contributed by atoms with van der Waals surface area (Å²) >= 11 is 0. The van der Waals surface area contributed by atoms with Crippen LogP contribution in [0.25, 0.3) is 0 Å². The Hall–Kier alpha value is -1.92. The maximum atomic E-state index is 12.1. The third kappa shape index (κ3) is 6.38. The van der Waals surface area contributed by atoms with Crippen molar-refractivity contribution in [2.45, 2.75) is 33.2 Å². The lowest BCUT2D eigenvalue weighted by atomic mass is 10.1. The summed E-state index contributed by atoms with van der Waals surface area (Å²) in [6.07, 6.45) is 0.582. The van der Waals surface area contributed by atoms with Gasteiger partial charge in [-0.05, 0) is 43.8 Å². The van der Waals surface area contributed by atoms with Crippen molar-refractivity contribution in [1.82, 2.24) is 10.2 Å². The van der Waals surface area contributed by atoms with Crippen molar-refractivity contribution in [3.63, 3.8) is 0 Å². The molecule has 6 nitrogen and oxygen atoms in total. The summed E-state index contributed by atoms with van der Waals surface area (Å²) in [5.74, 6) is -0.329. The Labute approximate surface area is 138 Å². The van der Waals surface area contributed by atoms with E-state index in [1.54, 1.807) is 24.3 Å². The summed E-state index contributed by atoms with van der Waals surface area (Å²) in [5.41, 5.74) is 6.87. The van der Waals surface area contributed by atoms with Gasteiger partial charge in [0.2, 0.25) is 5.91 Å². The highest BCUT2D eigenvalue weighted by atomic mass is 16.2. The van der Waals surface area contributed by atoms with Gasteiger partial charge in [-0.3, -0.25) is 9.59 Å². The van der Waals surface area contributed by atoms with Gasteiger partial charge in [-0.15, -0.1) is 0 Å². The van der Waals surface area contributed by atoms with E-state index in [4.69, 9.17) is 5.73 Å². The molecule has 0 saturated heterocycles. The normalized spacial score (nSPS) is 12.0. The topological polar surface area (TPSA) is 87.5 Å². The number of nitrogens with one attached hydrogen (secondary N) is 2. The van der Waals surface area contributed by atoms with Gasteiger partial charge in [-0.2, -0.15) is 0 Å². The van der Waals surface area contributed by atoms with Gasteiger partial charge in [-0.1, -0.05) is 20.8 Å². The number of anilines is 1. The van der Waals surface area contributed by atoms with Crippen molar-refractivity contribution in [2.24, 2.45) is 5.73 Å². The maximum Gasteiger partial charge on any atom is 0.251 e. The molecule has 0 aromatic heterocycles. The minimum Gasteiger partial charge on any atom is -0.351 e. The predicted molar refractivity (Wildman–Crippen MR) is 93.5 cm³/mol. The Morgan fingerprint density at radius 3 is 2.26 bits per heavy atom. The Morgan fingerprint density at radius 2 is 1.74 bits per heavy atom. The number of benzene rings is 1. The SMILES string of the molecule is CC[C@H](N)C(=O)Nc1ccc(C(=O)NCCN(CC)CC)cc1. The van der Waals surface area contributed by atoms with E-state index in [1.807, 2.05) is 6.92 Å². The smallest absolute Gasteiger partial charge is 0.251 e. The molecule has 23 heavy (non-hydrogen) atoms. The van der Waals surface area contributed by atoms with E-state index >= 15 is 0 Å². The molecule has 0 heterocycles. The molecule has 1 atom stereocenters. The number of hydrogen-bond donors (Lipinski definition) is 3. The molecule has 1 rings (SSSR count). The number of rotatable bonds is 9. The molecule has 1 aromatic rings. The van der Waals surface area contributed by atoms with Gasteiger partial charge in [0.05, 0.1) is 6.04 Å². The monoisotopic (exact) mass is 320 g/mol. The van der Waals surface area contributed by atoms with E-state index < -0.39 is 6.04 Å². The number of carbonyl (C=O) groups is 2. The number of amides is 2. The van der Waals surface area contributed by atoms with Crippen molar-refractivity contribution in [3.8, 4) is 0 Å². The third-order valence-corrected chi connectivity index (χ3v) is 3.80. The largest absolute Gasteiger partial charge is 0.351 e. The number of likely N-dealkylation sites (N-methyl/N-ethyl adjacent to an activating group) is 1. The van der Waals surface area contributed by atoms with Gasteiger partial charge in [0.15, 0.2) is 0 Å². The van der Waals surface area contributed by atoms with E-state index in [9.17, 15) is 9.59 Å². The molecule has 0 unspecified atom stereocenters. The van der Waals surface area contributed by atoms with Gasteiger partial charge < -0.3 is 21.3 Å². The zero-order valence-corrected chi connectivity index (χ0v) is 14.3. The highest BCUT2D eigenvalue weighted by Gasteiger charge is 2.11. The molecule has 0 aliphatic heterocycles. The Morgan fingerprint density at radius 1 is 1.13 bits per heavy atom. The number of hydrogen-bond acceptors (Lipinski definition) is 4. The molecule has 0 aliphatic rings. The first-order valence-electron chi connectivity index (χ1n) is 8.18. The van der Waals surface area contributed by atoms with Crippen LogP contribution in [0.1, 0.15) is 37.6 Å². The second-order valence-electron chi connectivity index (χ2n) is 5.36. The van der Waals surface area contributed by atoms with Gasteiger partial charge in [0.25, 0.3) is 5.91 Å². The summed E-state index contributed by atoms with van der Waals surface area (Å²) in [6, 6.07) is 6.29. The number of carbonyl (C=O) groups excluding carboxylic acids is 2. The summed E-state index contributed by atoms with van der Waals surface area (Å²) in [4.78, 5) is 26.0. The zero-order valence-electron chi connectivity index (χ0n) is 14.3. The molecule has 4 N–H and O–H groups in total. The van der Waals surface area contributed by atoms with Crippen LogP contribution in [0.15, 0.2) is 24.3 Å². The molecule has 2 amide bonds. The second-order valence-corrected chi connectivity index (χ2v) is 5.36. The Bertz CT molecular complexity index is 498. The maximum absolute atomic E-state index is 12.1. The van der Waals surface area contributed by atoms with Gasteiger partial charge >= 0.3 is 0 Å². The van der Waals surface area contributed by atoms with Crippen LogP contribution in [0.5, 0.6) is 0 Å². The van der Waals surface area contributed by atoms with Crippen LogP contribution in [0, 0.1) is 0 Å². The van der Waals surface area contributed by atoms with Crippen LogP contribution in [-0.2, 0) is 4.79 Å². The lowest BCUT2D eigenvalue weighted by Crippen LogP contribution is -2.35. The van der Waals surface area contributed by atoms with E-state index in [1.165, 1.54) is 0 Å². The van der Waals surface area contributed by atoms with Crippen molar-refractivity contribution in [2.75, 3.05) is 31.5 Å². The summed E-state index contributed by atoms with van der Waals surface area (Å²) < 4.78 is 0. The molecule has 0 saturated carbocycles. The number of nitrogens with two attached hydrogens (primary N) is 1. The average Bonchev–Trinajstić information content (AvgIpc) is 2.58. The lowest BCUT2D eigenvalue weighted by molar-refractivity contribution is -0.117. The minimum atomic E-state index is -0.516. The molecule has 0 radical (unpaired) electrons. The fourth-order valence-electron chi connectivity index (χ4n) is 2.09. The minimum absolute atomic E-state index is 0.111. The highest BCUT2D eigenvalue weighted by Crippen LogP contribution is 2.10. The van der Waals surface area contributed by atoms with Crippen molar-refractivity contribution >= 4 is 17.5 Å². The van der Waals surface area contributed by atoms with E-state index in [0.29, 0.717) is 24.2 Å². The van der Waals surface area contributed by atoms with Crippen molar-refractivity contribution in [3.05, 3.63) is 29.8 Å². The molecule has 0 aliphatic carbocycles. The highest BCUT2D eigenvalue weighted by molar-refractivity contribution is 5.97. The molecule has 0 fully saturated rings. The first-order valence-corrected chi connectivity index (χ1v) is 8.18. The van der Waals surface area contributed by atoms with E-state index in [0.717, 1.165) is 19.6 Å². The van der Waals surface area contributed by atoms with Gasteiger partial charge in [-0.25, -0.2) is 0 Å². The molecular weight excluding hydrogens is 292 g/mol. The first-order chi connectivity index (χ1) is 11.0. The second kappa shape index (κ2) is 9.97. The van der Waals surface area contributed by atoms with Crippen LogP contribution >= 0.6 is 0 Å². The summed E-state index contributed by atoms with van der Waals surface area (Å²) in [7, 11) is 0. The van der Waals surface area contributed by atoms with Gasteiger partial charge in [0.1, 0.15) is 0 Å². The van der Waals surface area contributed by atoms with E-state index in [-0.39, 0.29) is 11.8 Å². The quantitative estimate of drug-likeness (QED) is 0.642. The third-order valence-electron chi connectivity index (χ3n) is 3.80. The van der Waals surface area contributed by atoms with Crippen LogP contribution in [0.4, 0.5) is 5.69 Å². The summed E-state index contributed by atoms with van der Waals surface area (Å²) in [6.45, 7) is 9.45. The predicted octanol–water partition coefficient (Wildman–Crippen LogP) is 1.43. The average molecular weight is 320 g/mol. The van der Waals surface area contributed by atoms with Crippen LogP contribution in [0.2, 0.25) is 0 Å². The summed E-state index contributed by atoms with van der Waals surface area (Å²) in [5, 5.41) is 5.63. The van der Waals surface area contributed by atoms with E-state index in [2.05, 4.69) is 29.4 Å². The lowest BCUT2D eigenvalue weighted by Gasteiger charge is -2.18. The first kappa shape index (κ1) is 19.1. The Balaban J connectivity index is 2.49. The number of nitrogens with zero attached hydrogens (tertiary/aromatic N) is 1. The fraction of sp³-hybridized carbons (Fsp3) is 0.529.